The van der Waals surface area contributed by atoms with Crippen molar-refractivity contribution in [2.24, 2.45) is 0 Å². The number of hydrogen-bond acceptors (Lipinski definition) is 4. The molecule has 1 aliphatic rings. The maximum absolute atomic E-state index is 12.8. The van der Waals surface area contributed by atoms with Crippen molar-refractivity contribution in [3.63, 3.8) is 0 Å². The first-order valence-corrected chi connectivity index (χ1v) is 8.57. The van der Waals surface area contributed by atoms with Crippen LogP contribution in [0.2, 0.25) is 0 Å². The van der Waals surface area contributed by atoms with E-state index in [2.05, 4.69) is 17.1 Å². The van der Waals surface area contributed by atoms with Gasteiger partial charge < -0.3 is 9.64 Å². The van der Waals surface area contributed by atoms with E-state index in [1.807, 2.05) is 22.4 Å². The van der Waals surface area contributed by atoms with E-state index in [4.69, 9.17) is 4.74 Å². The molecule has 4 nitrogen and oxygen atoms in total. The number of thiazole rings is 1. The van der Waals surface area contributed by atoms with Crippen LogP contribution in [0.25, 0.3) is 0 Å². The Morgan fingerprint density at radius 1 is 1.27 bits per heavy atom. The fourth-order valence-electron chi connectivity index (χ4n) is 2.99. The van der Waals surface area contributed by atoms with Gasteiger partial charge in [0.05, 0.1) is 18.7 Å². The summed E-state index contributed by atoms with van der Waals surface area (Å²) in [5.74, 6) is 0.888. The Hall–Kier alpha value is -1.88. The quantitative estimate of drug-likeness (QED) is 0.862. The second-order valence-electron chi connectivity index (χ2n) is 5.51. The number of carbonyl (C=O) groups excluding carboxylic acids is 1. The zero-order valence-electron chi connectivity index (χ0n) is 12.7. The first-order valence-electron chi connectivity index (χ1n) is 7.62. The summed E-state index contributed by atoms with van der Waals surface area (Å²) in [6.45, 7) is 0.799. The van der Waals surface area contributed by atoms with Crippen molar-refractivity contribution in [3.8, 4) is 5.75 Å². The molecule has 0 N–H and O–H groups in total. The highest BCUT2D eigenvalue weighted by atomic mass is 32.1. The Bertz CT molecular complexity index is 610. The number of methoxy groups -OCH3 is 1. The van der Waals surface area contributed by atoms with E-state index >= 15 is 0 Å². The van der Waals surface area contributed by atoms with Crippen molar-refractivity contribution < 1.29 is 9.53 Å². The fourth-order valence-corrected chi connectivity index (χ4v) is 3.52. The zero-order valence-corrected chi connectivity index (χ0v) is 13.5. The van der Waals surface area contributed by atoms with Crippen molar-refractivity contribution in [1.82, 2.24) is 9.88 Å². The van der Waals surface area contributed by atoms with Crippen LogP contribution >= 0.6 is 11.3 Å². The van der Waals surface area contributed by atoms with Gasteiger partial charge in [-0.3, -0.25) is 4.79 Å². The first-order chi connectivity index (χ1) is 10.8. The number of rotatable bonds is 3. The van der Waals surface area contributed by atoms with Crippen LogP contribution in [0.5, 0.6) is 5.75 Å². The monoisotopic (exact) mass is 316 g/mol. The number of aromatic nitrogens is 1. The molecule has 0 bridgehead atoms. The molecule has 22 heavy (non-hydrogen) atoms. The van der Waals surface area contributed by atoms with Gasteiger partial charge in [0, 0.05) is 11.9 Å². The summed E-state index contributed by atoms with van der Waals surface area (Å²) in [4.78, 5) is 18.9. The molecule has 0 unspecified atom stereocenters. The predicted octanol–water partition coefficient (Wildman–Crippen LogP) is 3.91. The minimum atomic E-state index is 0.0453. The van der Waals surface area contributed by atoms with Crippen molar-refractivity contribution in [2.75, 3.05) is 13.7 Å². The molecule has 0 radical (unpaired) electrons. The van der Waals surface area contributed by atoms with Gasteiger partial charge in [-0.05, 0) is 30.5 Å². The number of benzene rings is 1. The SMILES string of the molecule is COc1ccc([C@H]2CCCCCN2C(=O)c2cscn2)cc1. The normalized spacial score (nSPS) is 18.8. The molecule has 1 saturated heterocycles. The maximum Gasteiger partial charge on any atom is 0.273 e. The number of likely N-dealkylation sites (tertiary alicyclic amines) is 1. The average molecular weight is 316 g/mol. The highest BCUT2D eigenvalue weighted by molar-refractivity contribution is 7.07. The van der Waals surface area contributed by atoms with Gasteiger partial charge in [0.25, 0.3) is 5.91 Å². The zero-order chi connectivity index (χ0) is 15.4. The largest absolute Gasteiger partial charge is 0.497 e. The molecular weight excluding hydrogens is 296 g/mol. The molecule has 1 aromatic carbocycles. The van der Waals surface area contributed by atoms with E-state index in [1.54, 1.807) is 12.6 Å². The van der Waals surface area contributed by atoms with Crippen LogP contribution < -0.4 is 4.74 Å². The standard InChI is InChI=1S/C17H20N2O2S/c1-21-14-8-6-13(7-9-14)16-5-3-2-4-10-19(16)17(20)15-11-22-12-18-15/h6-9,11-12,16H,2-5,10H2,1H3/t16-/m1/s1. The average Bonchev–Trinajstić information content (AvgIpc) is 2.99. The molecule has 1 aliphatic heterocycles. The van der Waals surface area contributed by atoms with E-state index in [9.17, 15) is 4.79 Å². The lowest BCUT2D eigenvalue weighted by Crippen LogP contribution is -2.35. The Labute approximate surface area is 134 Å². The molecular formula is C17H20N2O2S. The van der Waals surface area contributed by atoms with E-state index < -0.39 is 0 Å². The molecule has 116 valence electrons. The molecule has 5 heteroatoms. The molecule has 0 aliphatic carbocycles. The second-order valence-corrected chi connectivity index (χ2v) is 6.23. The van der Waals surface area contributed by atoms with Gasteiger partial charge in [-0.25, -0.2) is 4.98 Å². The van der Waals surface area contributed by atoms with Crippen molar-refractivity contribution in [3.05, 3.63) is 46.4 Å². The molecule has 1 fully saturated rings. The van der Waals surface area contributed by atoms with Crippen LogP contribution in [0.1, 0.15) is 47.8 Å². The van der Waals surface area contributed by atoms with Crippen LogP contribution in [0.4, 0.5) is 0 Å². The third-order valence-corrected chi connectivity index (χ3v) is 4.75. The number of ether oxygens (including phenoxy) is 1. The lowest BCUT2D eigenvalue weighted by molar-refractivity contribution is 0.0675. The van der Waals surface area contributed by atoms with E-state index in [0.29, 0.717) is 5.69 Å². The lowest BCUT2D eigenvalue weighted by atomic mass is 10.0. The van der Waals surface area contributed by atoms with Crippen LogP contribution in [0, 0.1) is 0 Å². The Morgan fingerprint density at radius 3 is 2.77 bits per heavy atom. The van der Waals surface area contributed by atoms with Crippen molar-refractivity contribution >= 4 is 17.2 Å². The number of amides is 1. The second kappa shape index (κ2) is 6.92. The summed E-state index contributed by atoms with van der Waals surface area (Å²) in [6, 6.07) is 8.19. The van der Waals surface area contributed by atoms with Gasteiger partial charge in [0.2, 0.25) is 0 Å². The Balaban J connectivity index is 1.88. The molecule has 2 heterocycles. The highest BCUT2D eigenvalue weighted by Crippen LogP contribution is 2.32. The van der Waals surface area contributed by atoms with Gasteiger partial charge >= 0.3 is 0 Å². The first kappa shape index (κ1) is 15.0. The summed E-state index contributed by atoms with van der Waals surface area (Å²) in [6.07, 6.45) is 4.38. The minimum Gasteiger partial charge on any atom is -0.497 e. The third-order valence-electron chi connectivity index (χ3n) is 4.17. The van der Waals surface area contributed by atoms with Gasteiger partial charge in [0.15, 0.2) is 0 Å². The molecule has 3 rings (SSSR count). The summed E-state index contributed by atoms with van der Waals surface area (Å²) in [5, 5.41) is 1.83. The van der Waals surface area contributed by atoms with Crippen LogP contribution in [0.3, 0.4) is 0 Å². The molecule has 0 saturated carbocycles. The van der Waals surface area contributed by atoms with Crippen LogP contribution in [-0.2, 0) is 0 Å². The predicted molar refractivity (Wildman–Crippen MR) is 87.4 cm³/mol. The van der Waals surface area contributed by atoms with E-state index in [0.717, 1.165) is 31.6 Å². The van der Waals surface area contributed by atoms with E-state index in [-0.39, 0.29) is 11.9 Å². The van der Waals surface area contributed by atoms with Gasteiger partial charge in [-0.1, -0.05) is 25.0 Å². The minimum absolute atomic E-state index is 0.0453. The van der Waals surface area contributed by atoms with E-state index in [1.165, 1.54) is 23.3 Å². The third kappa shape index (κ3) is 3.14. The van der Waals surface area contributed by atoms with Crippen LogP contribution in [0.15, 0.2) is 35.2 Å². The lowest BCUT2D eigenvalue weighted by Gasteiger charge is -2.30. The topological polar surface area (TPSA) is 42.4 Å². The summed E-state index contributed by atoms with van der Waals surface area (Å²) < 4.78 is 5.23. The van der Waals surface area contributed by atoms with Crippen molar-refractivity contribution in [2.45, 2.75) is 31.7 Å². The molecule has 1 atom stereocenters. The molecule has 0 spiro atoms. The maximum atomic E-state index is 12.8. The van der Waals surface area contributed by atoms with Gasteiger partial charge in [-0.2, -0.15) is 0 Å². The smallest absolute Gasteiger partial charge is 0.273 e. The number of hydrogen-bond donors (Lipinski definition) is 0. The van der Waals surface area contributed by atoms with Crippen LogP contribution in [-0.4, -0.2) is 29.4 Å². The Morgan fingerprint density at radius 2 is 2.09 bits per heavy atom. The highest BCUT2D eigenvalue weighted by Gasteiger charge is 2.28. The number of carbonyl (C=O) groups is 1. The summed E-state index contributed by atoms with van der Waals surface area (Å²) in [5.41, 5.74) is 3.45. The van der Waals surface area contributed by atoms with Gasteiger partial charge in [-0.15, -0.1) is 11.3 Å². The number of nitrogens with zero attached hydrogens (tertiary/aromatic N) is 2. The Kier molecular flexibility index (Phi) is 4.73. The fraction of sp³-hybridized carbons (Fsp3) is 0.412. The van der Waals surface area contributed by atoms with Gasteiger partial charge in [0.1, 0.15) is 11.4 Å². The summed E-state index contributed by atoms with van der Waals surface area (Å²) >= 11 is 1.46. The molecule has 1 aromatic heterocycles. The molecule has 2 aromatic rings. The van der Waals surface area contributed by atoms with Crippen molar-refractivity contribution in [1.29, 1.82) is 0 Å². The molecule has 1 amide bonds. The summed E-state index contributed by atoms with van der Waals surface area (Å²) in [7, 11) is 1.67.